The fraction of sp³-hybridized carbons (Fsp3) is 0.308. The highest BCUT2D eigenvalue weighted by molar-refractivity contribution is 7.15. The van der Waals surface area contributed by atoms with Gasteiger partial charge in [-0.25, -0.2) is 0 Å². The van der Waals surface area contributed by atoms with Crippen LogP contribution in [0.1, 0.15) is 57.3 Å². The molecular formula is C26H28N6O4S2. The van der Waals surface area contributed by atoms with E-state index < -0.39 is 24.0 Å². The molecule has 198 valence electrons. The summed E-state index contributed by atoms with van der Waals surface area (Å²) in [5.74, 6) is -1.10. The van der Waals surface area contributed by atoms with E-state index >= 15 is 0 Å². The predicted octanol–water partition coefficient (Wildman–Crippen LogP) is 3.92. The first-order chi connectivity index (χ1) is 18.3. The van der Waals surface area contributed by atoms with Crippen LogP contribution in [0.3, 0.4) is 0 Å². The number of aryl methyl sites for hydroxylation is 4. The molecule has 0 aliphatic heterocycles. The zero-order valence-electron chi connectivity index (χ0n) is 20.9. The minimum atomic E-state index is -1.28. The number of benzene rings is 2. The molecule has 12 heteroatoms. The Labute approximate surface area is 227 Å². The highest BCUT2D eigenvalue weighted by Gasteiger charge is 2.20. The Balaban J connectivity index is 1.19. The van der Waals surface area contributed by atoms with Gasteiger partial charge in [0, 0.05) is 12.8 Å². The van der Waals surface area contributed by atoms with Gasteiger partial charge >= 0.3 is 0 Å². The molecule has 4 rings (SSSR count). The molecule has 2 unspecified atom stereocenters. The Bertz CT molecular complexity index is 1300. The van der Waals surface area contributed by atoms with Crippen molar-refractivity contribution < 1.29 is 19.8 Å². The summed E-state index contributed by atoms with van der Waals surface area (Å²) >= 11 is 2.55. The van der Waals surface area contributed by atoms with Crippen LogP contribution >= 0.6 is 22.7 Å². The number of carbonyl (C=O) groups excluding carboxylic acids is 2. The van der Waals surface area contributed by atoms with Crippen molar-refractivity contribution in [2.45, 2.75) is 51.7 Å². The van der Waals surface area contributed by atoms with E-state index in [4.69, 9.17) is 0 Å². The SMILES string of the molecule is Cc1cccc(C(O)C(=O)Nc2nnc(CCCCc3nnc(NC(=O)C(O)c4cccc(C)c4)s3)s2)c1. The predicted molar refractivity (Wildman–Crippen MR) is 146 cm³/mol. The number of hydrogen-bond acceptors (Lipinski definition) is 10. The molecule has 2 heterocycles. The summed E-state index contributed by atoms with van der Waals surface area (Å²) in [4.78, 5) is 24.7. The third-order valence-corrected chi connectivity index (χ3v) is 7.43. The van der Waals surface area contributed by atoms with Gasteiger partial charge in [0.2, 0.25) is 10.3 Å². The largest absolute Gasteiger partial charge is 0.378 e. The zero-order chi connectivity index (χ0) is 27.1. The Kier molecular flexibility index (Phi) is 9.24. The topological polar surface area (TPSA) is 150 Å². The zero-order valence-corrected chi connectivity index (χ0v) is 22.6. The molecule has 4 aromatic rings. The third-order valence-electron chi connectivity index (χ3n) is 5.64. The van der Waals surface area contributed by atoms with Crippen LogP contribution in [0.2, 0.25) is 0 Å². The first kappa shape index (κ1) is 27.5. The lowest BCUT2D eigenvalue weighted by Gasteiger charge is -2.10. The first-order valence-electron chi connectivity index (χ1n) is 12.0. The Morgan fingerprint density at radius 2 is 1.16 bits per heavy atom. The second-order valence-electron chi connectivity index (χ2n) is 8.82. The molecule has 4 N–H and O–H groups in total. The fourth-order valence-electron chi connectivity index (χ4n) is 3.69. The van der Waals surface area contributed by atoms with Gasteiger partial charge in [-0.1, -0.05) is 82.3 Å². The van der Waals surface area contributed by atoms with Crippen LogP contribution in [0.25, 0.3) is 0 Å². The summed E-state index contributed by atoms with van der Waals surface area (Å²) in [6, 6.07) is 14.3. The number of nitrogens with zero attached hydrogens (tertiary/aromatic N) is 4. The van der Waals surface area contributed by atoms with Gasteiger partial charge in [-0.3, -0.25) is 20.2 Å². The fourth-order valence-corrected chi connectivity index (χ4v) is 5.26. The summed E-state index contributed by atoms with van der Waals surface area (Å²) in [5, 5.41) is 44.3. The van der Waals surface area contributed by atoms with Gasteiger partial charge in [0.15, 0.2) is 12.2 Å². The highest BCUT2D eigenvalue weighted by atomic mass is 32.1. The molecular weight excluding hydrogens is 524 g/mol. The van der Waals surface area contributed by atoms with Crippen molar-refractivity contribution in [1.29, 1.82) is 0 Å². The number of aromatic nitrogens is 4. The number of anilines is 2. The van der Waals surface area contributed by atoms with E-state index in [0.29, 0.717) is 34.2 Å². The maximum Gasteiger partial charge on any atom is 0.259 e. The van der Waals surface area contributed by atoms with Crippen molar-refractivity contribution in [1.82, 2.24) is 20.4 Å². The maximum atomic E-state index is 12.4. The lowest BCUT2D eigenvalue weighted by molar-refractivity contribution is -0.124. The summed E-state index contributed by atoms with van der Waals surface area (Å²) < 4.78 is 0. The Morgan fingerprint density at radius 1 is 0.737 bits per heavy atom. The van der Waals surface area contributed by atoms with Crippen molar-refractivity contribution in [3.8, 4) is 0 Å². The van der Waals surface area contributed by atoms with Crippen LogP contribution in [0.15, 0.2) is 48.5 Å². The van der Waals surface area contributed by atoms with Crippen LogP contribution in [0, 0.1) is 13.8 Å². The van der Waals surface area contributed by atoms with Gasteiger partial charge in [-0.05, 0) is 37.8 Å². The van der Waals surface area contributed by atoms with E-state index in [1.54, 1.807) is 36.4 Å². The van der Waals surface area contributed by atoms with E-state index in [9.17, 15) is 19.8 Å². The molecule has 0 aliphatic rings. The van der Waals surface area contributed by atoms with E-state index in [2.05, 4.69) is 31.0 Å². The number of aliphatic hydroxyl groups excluding tert-OH is 2. The van der Waals surface area contributed by atoms with Crippen LogP contribution in [-0.4, -0.2) is 42.4 Å². The second kappa shape index (κ2) is 12.8. The number of aliphatic hydroxyl groups is 2. The summed E-state index contributed by atoms with van der Waals surface area (Å²) in [5.41, 5.74) is 2.96. The lowest BCUT2D eigenvalue weighted by Crippen LogP contribution is -2.20. The van der Waals surface area contributed by atoms with Crippen LogP contribution in [0.4, 0.5) is 10.3 Å². The molecule has 0 aliphatic carbocycles. The normalized spacial score (nSPS) is 12.6. The molecule has 2 atom stereocenters. The van der Waals surface area contributed by atoms with Crippen molar-refractivity contribution in [2.75, 3.05) is 10.6 Å². The number of amides is 2. The standard InChI is InChI=1S/C26H28N6O4S2/c1-15-7-5-9-17(13-15)21(33)23(35)27-25-31-29-19(37-25)11-3-4-12-20-30-32-26(38-20)28-24(36)22(34)18-10-6-8-16(2)14-18/h5-10,13-14,21-22,33-34H,3-4,11-12H2,1-2H3,(H,27,31,35)(H,28,32,36). The summed E-state index contributed by atoms with van der Waals surface area (Å²) in [6.45, 7) is 3.79. The average Bonchev–Trinajstić information content (AvgIpc) is 3.54. The molecule has 10 nitrogen and oxygen atoms in total. The lowest BCUT2D eigenvalue weighted by atomic mass is 10.1. The number of rotatable bonds is 11. The molecule has 2 aromatic carbocycles. The molecule has 2 aromatic heterocycles. The van der Waals surface area contributed by atoms with E-state index in [1.165, 1.54) is 22.7 Å². The summed E-state index contributed by atoms with van der Waals surface area (Å²) in [7, 11) is 0. The molecule has 2 amide bonds. The molecule has 0 fully saturated rings. The van der Waals surface area contributed by atoms with Crippen molar-refractivity contribution in [2.24, 2.45) is 0 Å². The number of unbranched alkanes of at least 4 members (excludes halogenated alkanes) is 1. The third kappa shape index (κ3) is 7.48. The van der Waals surface area contributed by atoms with Crippen molar-refractivity contribution in [3.05, 3.63) is 80.8 Å². The monoisotopic (exact) mass is 552 g/mol. The van der Waals surface area contributed by atoms with Crippen molar-refractivity contribution >= 4 is 44.8 Å². The molecule has 0 spiro atoms. The van der Waals surface area contributed by atoms with Crippen LogP contribution in [-0.2, 0) is 22.4 Å². The highest BCUT2D eigenvalue weighted by Crippen LogP contribution is 2.23. The van der Waals surface area contributed by atoms with Gasteiger partial charge in [0.1, 0.15) is 10.0 Å². The molecule has 0 saturated carbocycles. The molecule has 38 heavy (non-hydrogen) atoms. The van der Waals surface area contributed by atoms with Crippen LogP contribution in [0.5, 0.6) is 0 Å². The Morgan fingerprint density at radius 3 is 1.55 bits per heavy atom. The van der Waals surface area contributed by atoms with E-state index in [0.717, 1.165) is 34.0 Å². The number of nitrogens with one attached hydrogen (secondary N) is 2. The van der Waals surface area contributed by atoms with Crippen LogP contribution < -0.4 is 10.6 Å². The molecule has 0 radical (unpaired) electrons. The first-order valence-corrected chi connectivity index (χ1v) is 13.7. The van der Waals surface area contributed by atoms with Gasteiger partial charge in [0.05, 0.1) is 0 Å². The van der Waals surface area contributed by atoms with Gasteiger partial charge in [-0.2, -0.15) is 0 Å². The number of carbonyl (C=O) groups is 2. The molecule has 0 bridgehead atoms. The van der Waals surface area contributed by atoms with Gasteiger partial charge < -0.3 is 10.2 Å². The Hall–Kier alpha value is -3.58. The average molecular weight is 553 g/mol. The summed E-state index contributed by atoms with van der Waals surface area (Å²) in [6.07, 6.45) is 0.436. The van der Waals surface area contributed by atoms with Crippen molar-refractivity contribution in [3.63, 3.8) is 0 Å². The van der Waals surface area contributed by atoms with Gasteiger partial charge in [0.25, 0.3) is 11.8 Å². The van der Waals surface area contributed by atoms with Gasteiger partial charge in [-0.15, -0.1) is 20.4 Å². The van der Waals surface area contributed by atoms with E-state index in [-0.39, 0.29) is 0 Å². The minimum Gasteiger partial charge on any atom is -0.378 e. The molecule has 0 saturated heterocycles. The van der Waals surface area contributed by atoms with E-state index in [1.807, 2.05) is 26.0 Å². The quantitative estimate of drug-likeness (QED) is 0.205. The minimum absolute atomic E-state index is 0.342. The second-order valence-corrected chi connectivity index (χ2v) is 10.9. The number of hydrogen-bond donors (Lipinski definition) is 4. The smallest absolute Gasteiger partial charge is 0.259 e. The maximum absolute atomic E-state index is 12.4.